The van der Waals surface area contributed by atoms with Crippen molar-refractivity contribution in [1.82, 2.24) is 9.97 Å². The fourth-order valence-electron chi connectivity index (χ4n) is 1.74. The van der Waals surface area contributed by atoms with Gasteiger partial charge >= 0.3 is 0 Å². The zero-order valence-electron chi connectivity index (χ0n) is 8.74. The molecule has 0 fully saturated rings. The lowest BCUT2D eigenvalue weighted by Gasteiger charge is -2.16. The van der Waals surface area contributed by atoms with E-state index in [0.717, 1.165) is 21.8 Å². The van der Waals surface area contributed by atoms with Crippen molar-refractivity contribution in [1.29, 1.82) is 0 Å². The van der Waals surface area contributed by atoms with Gasteiger partial charge in [-0.1, -0.05) is 6.07 Å². The van der Waals surface area contributed by atoms with Crippen molar-refractivity contribution in [2.75, 3.05) is 11.1 Å². The maximum absolute atomic E-state index is 11.3. The summed E-state index contributed by atoms with van der Waals surface area (Å²) in [5.74, 6) is 0.528. The van der Waals surface area contributed by atoms with Gasteiger partial charge in [-0.2, -0.15) is 0 Å². The monoisotopic (exact) mass is 263 g/mol. The highest BCUT2D eigenvalue weighted by atomic mass is 32.2. The van der Waals surface area contributed by atoms with E-state index in [0.29, 0.717) is 10.5 Å². The number of H-pyrrole nitrogens is 2. The average molecular weight is 263 g/mol. The van der Waals surface area contributed by atoms with Crippen LogP contribution in [0.4, 0.5) is 5.69 Å². The zero-order valence-corrected chi connectivity index (χ0v) is 10.4. The summed E-state index contributed by atoms with van der Waals surface area (Å²) in [6.45, 7) is 0. The molecule has 0 bridgehead atoms. The number of nitrogens with one attached hydrogen (secondary N) is 3. The van der Waals surface area contributed by atoms with E-state index in [-0.39, 0.29) is 5.91 Å². The van der Waals surface area contributed by atoms with Crippen molar-refractivity contribution in [3.8, 4) is 11.3 Å². The lowest BCUT2D eigenvalue weighted by Crippen LogP contribution is -2.18. The molecule has 0 saturated heterocycles. The Kier molecular flexibility index (Phi) is 2.53. The maximum atomic E-state index is 11.3. The lowest BCUT2D eigenvalue weighted by atomic mass is 10.1. The number of rotatable bonds is 1. The second-order valence-corrected chi connectivity index (χ2v) is 5.13. The second-order valence-electron chi connectivity index (χ2n) is 3.70. The van der Waals surface area contributed by atoms with Gasteiger partial charge in [0.2, 0.25) is 5.91 Å². The molecular weight excluding hydrogens is 254 g/mol. The van der Waals surface area contributed by atoms with Gasteiger partial charge in [-0.3, -0.25) is 4.79 Å². The van der Waals surface area contributed by atoms with Gasteiger partial charge in [0, 0.05) is 16.7 Å². The summed E-state index contributed by atoms with van der Waals surface area (Å²) in [4.78, 5) is 18.4. The Labute approximate surface area is 107 Å². The summed E-state index contributed by atoms with van der Waals surface area (Å²) in [6.07, 6.45) is 1.82. The van der Waals surface area contributed by atoms with E-state index in [1.165, 1.54) is 0 Å². The molecule has 1 amide bonds. The Balaban J connectivity index is 2.06. The van der Waals surface area contributed by atoms with Crippen molar-refractivity contribution in [3.05, 3.63) is 29.2 Å². The van der Waals surface area contributed by atoms with Crippen LogP contribution in [-0.4, -0.2) is 21.6 Å². The first-order valence-electron chi connectivity index (χ1n) is 5.07. The van der Waals surface area contributed by atoms with E-state index in [9.17, 15) is 4.79 Å². The largest absolute Gasteiger partial charge is 0.337 e. The molecule has 1 aromatic carbocycles. The fourth-order valence-corrected chi connectivity index (χ4v) is 2.70. The Morgan fingerprint density at radius 1 is 1.35 bits per heavy atom. The molecule has 0 aliphatic carbocycles. The number of imidazole rings is 1. The van der Waals surface area contributed by atoms with Crippen LogP contribution in [0.2, 0.25) is 0 Å². The molecule has 4 nitrogen and oxygen atoms in total. The molecule has 3 rings (SSSR count). The topological polar surface area (TPSA) is 60.7 Å². The minimum absolute atomic E-state index is 0.0432. The van der Waals surface area contributed by atoms with Crippen LogP contribution < -0.4 is 5.32 Å². The van der Waals surface area contributed by atoms with Crippen LogP contribution in [0.15, 0.2) is 29.3 Å². The van der Waals surface area contributed by atoms with E-state index >= 15 is 0 Å². The average Bonchev–Trinajstić information content (AvgIpc) is 2.75. The molecule has 0 radical (unpaired) electrons. The van der Waals surface area contributed by atoms with Crippen LogP contribution in [0.25, 0.3) is 11.3 Å². The Morgan fingerprint density at radius 2 is 2.24 bits per heavy atom. The zero-order chi connectivity index (χ0) is 11.8. The van der Waals surface area contributed by atoms with Crippen LogP contribution >= 0.6 is 24.0 Å². The minimum atomic E-state index is 0.0432. The molecule has 0 spiro atoms. The van der Waals surface area contributed by atoms with Gasteiger partial charge in [-0.15, -0.1) is 11.8 Å². The van der Waals surface area contributed by atoms with Crippen molar-refractivity contribution in [3.63, 3.8) is 0 Å². The summed E-state index contributed by atoms with van der Waals surface area (Å²) in [6, 6.07) is 5.98. The summed E-state index contributed by atoms with van der Waals surface area (Å²) in [5, 5.41) is 2.87. The van der Waals surface area contributed by atoms with Crippen molar-refractivity contribution in [2.24, 2.45) is 0 Å². The van der Waals surface area contributed by atoms with Gasteiger partial charge < -0.3 is 15.3 Å². The number of carbonyl (C=O) groups excluding carboxylic acids is 1. The molecule has 1 aromatic heterocycles. The Morgan fingerprint density at radius 3 is 3.00 bits per heavy atom. The van der Waals surface area contributed by atoms with E-state index < -0.39 is 0 Å². The number of anilines is 1. The number of hydrogen-bond acceptors (Lipinski definition) is 3. The molecule has 1 aliphatic rings. The summed E-state index contributed by atoms with van der Waals surface area (Å²) < 4.78 is 0.594. The van der Waals surface area contributed by atoms with Crippen LogP contribution in [0.1, 0.15) is 0 Å². The fraction of sp³-hybridized carbons (Fsp3) is 0.0909. The number of amides is 1. The Hall–Kier alpha value is -1.53. The highest BCUT2D eigenvalue weighted by molar-refractivity contribution is 8.00. The normalized spacial score (nSPS) is 14.2. The predicted molar refractivity (Wildman–Crippen MR) is 70.8 cm³/mol. The van der Waals surface area contributed by atoms with Crippen molar-refractivity contribution in [2.45, 2.75) is 4.90 Å². The first kappa shape index (κ1) is 10.6. The molecule has 86 valence electrons. The highest BCUT2D eigenvalue weighted by Crippen LogP contribution is 2.34. The van der Waals surface area contributed by atoms with E-state index in [1.807, 2.05) is 24.4 Å². The molecule has 2 heterocycles. The van der Waals surface area contributed by atoms with Crippen molar-refractivity contribution < 1.29 is 4.79 Å². The van der Waals surface area contributed by atoms with Crippen LogP contribution in [0.5, 0.6) is 0 Å². The SMILES string of the molecule is O=C1CSc2ccc(-c3c[nH]c(=S)[nH]3)cc2N1. The predicted octanol–water partition coefficient (Wildman–Crippen LogP) is 2.78. The lowest BCUT2D eigenvalue weighted by molar-refractivity contribution is -0.113. The van der Waals surface area contributed by atoms with Crippen molar-refractivity contribution >= 4 is 35.6 Å². The molecule has 17 heavy (non-hydrogen) atoms. The first-order chi connectivity index (χ1) is 8.22. The summed E-state index contributed by atoms with van der Waals surface area (Å²) in [7, 11) is 0. The number of thioether (sulfide) groups is 1. The van der Waals surface area contributed by atoms with E-state index in [2.05, 4.69) is 15.3 Å². The molecule has 0 atom stereocenters. The van der Waals surface area contributed by atoms with Gasteiger partial charge in [0.25, 0.3) is 0 Å². The van der Waals surface area contributed by atoms with Gasteiger partial charge in [0.15, 0.2) is 4.77 Å². The van der Waals surface area contributed by atoms with Crippen LogP contribution in [0.3, 0.4) is 0 Å². The minimum Gasteiger partial charge on any atom is -0.337 e. The third kappa shape index (κ3) is 2.01. The van der Waals surface area contributed by atoms with Gasteiger partial charge in [0.1, 0.15) is 0 Å². The molecule has 3 N–H and O–H groups in total. The van der Waals surface area contributed by atoms with E-state index in [1.54, 1.807) is 11.8 Å². The molecule has 2 aromatic rings. The third-order valence-electron chi connectivity index (χ3n) is 2.52. The van der Waals surface area contributed by atoms with E-state index in [4.69, 9.17) is 12.2 Å². The van der Waals surface area contributed by atoms with Crippen LogP contribution in [-0.2, 0) is 4.79 Å². The van der Waals surface area contributed by atoms with Gasteiger partial charge in [-0.25, -0.2) is 0 Å². The number of aromatic nitrogens is 2. The molecular formula is C11H9N3OS2. The molecule has 6 heteroatoms. The molecule has 1 aliphatic heterocycles. The standard InChI is InChI=1S/C11H9N3OS2/c15-10-5-17-9-2-1-6(3-7(9)13-10)8-4-12-11(16)14-8/h1-4H,5H2,(H,13,15)(H2,12,14,16). The molecule has 0 unspecified atom stereocenters. The van der Waals surface area contributed by atoms with Gasteiger partial charge in [0.05, 0.1) is 17.1 Å². The quantitative estimate of drug-likeness (QED) is 0.693. The maximum Gasteiger partial charge on any atom is 0.234 e. The number of fused-ring (bicyclic) bond motifs is 1. The number of benzene rings is 1. The van der Waals surface area contributed by atoms with Crippen LogP contribution in [0, 0.1) is 4.77 Å². The second kappa shape index (κ2) is 4.05. The smallest absolute Gasteiger partial charge is 0.234 e. The summed E-state index contributed by atoms with van der Waals surface area (Å²) >= 11 is 6.54. The summed E-state index contributed by atoms with van der Waals surface area (Å²) in [5.41, 5.74) is 2.78. The number of hydrogen-bond donors (Lipinski definition) is 3. The molecule has 0 saturated carbocycles. The highest BCUT2D eigenvalue weighted by Gasteiger charge is 2.15. The third-order valence-corrected chi connectivity index (χ3v) is 3.81. The number of aromatic amines is 2. The first-order valence-corrected chi connectivity index (χ1v) is 6.46. The Bertz CT molecular complexity index is 644. The number of carbonyl (C=O) groups is 1. The van der Waals surface area contributed by atoms with Gasteiger partial charge in [-0.05, 0) is 24.4 Å².